The van der Waals surface area contributed by atoms with E-state index in [-0.39, 0.29) is 5.82 Å². The summed E-state index contributed by atoms with van der Waals surface area (Å²) in [7, 11) is 0. The van der Waals surface area contributed by atoms with E-state index in [4.69, 9.17) is 0 Å². The molecule has 1 aliphatic rings. The van der Waals surface area contributed by atoms with Crippen molar-refractivity contribution < 1.29 is 4.39 Å². The third-order valence-corrected chi connectivity index (χ3v) is 3.82. The summed E-state index contributed by atoms with van der Waals surface area (Å²) in [6.45, 7) is 2.97. The molecule has 1 N–H and O–H groups in total. The molecule has 0 saturated carbocycles. The Morgan fingerprint density at radius 3 is 2.95 bits per heavy atom. The van der Waals surface area contributed by atoms with Crippen molar-refractivity contribution in [2.75, 3.05) is 0 Å². The van der Waals surface area contributed by atoms with Crippen LogP contribution >= 0.6 is 0 Å². The topological polar surface area (TPSA) is 12.0 Å². The van der Waals surface area contributed by atoms with E-state index in [0.29, 0.717) is 6.04 Å². The molecule has 0 aliphatic heterocycles. The number of aryl methyl sites for hydroxylation is 2. The van der Waals surface area contributed by atoms with Crippen LogP contribution in [-0.2, 0) is 13.0 Å². The molecule has 1 unspecified atom stereocenters. The number of rotatable bonds is 3. The minimum Gasteiger partial charge on any atom is -0.306 e. The Hall–Kier alpha value is -1.67. The van der Waals surface area contributed by atoms with Crippen molar-refractivity contribution in [3.8, 4) is 0 Å². The van der Waals surface area contributed by atoms with Crippen molar-refractivity contribution in [2.45, 2.75) is 32.4 Å². The Morgan fingerprint density at radius 2 is 2.11 bits per heavy atom. The van der Waals surface area contributed by atoms with Gasteiger partial charge in [0.15, 0.2) is 0 Å². The fraction of sp³-hybridized carbons (Fsp3) is 0.294. The highest BCUT2D eigenvalue weighted by molar-refractivity contribution is 5.35. The molecule has 0 heterocycles. The lowest BCUT2D eigenvalue weighted by atomic mass is 10.1. The SMILES string of the molecule is Cc1cccc(CNC2CCc3cc(F)ccc32)c1. The van der Waals surface area contributed by atoms with Gasteiger partial charge in [0.2, 0.25) is 0 Å². The Kier molecular flexibility index (Phi) is 3.34. The van der Waals surface area contributed by atoms with Gasteiger partial charge < -0.3 is 5.32 Å². The molecule has 0 amide bonds. The molecule has 2 aromatic rings. The van der Waals surface area contributed by atoms with Crippen LogP contribution in [0.15, 0.2) is 42.5 Å². The summed E-state index contributed by atoms with van der Waals surface area (Å²) in [4.78, 5) is 0. The molecule has 0 saturated heterocycles. The number of hydrogen-bond donors (Lipinski definition) is 1. The van der Waals surface area contributed by atoms with Gasteiger partial charge in [-0.15, -0.1) is 0 Å². The second kappa shape index (κ2) is 5.14. The van der Waals surface area contributed by atoms with E-state index < -0.39 is 0 Å². The summed E-state index contributed by atoms with van der Waals surface area (Å²) in [5.41, 5.74) is 5.00. The van der Waals surface area contributed by atoms with Crippen molar-refractivity contribution in [3.63, 3.8) is 0 Å². The second-order valence-electron chi connectivity index (χ2n) is 5.30. The maximum atomic E-state index is 13.2. The lowest BCUT2D eigenvalue weighted by Crippen LogP contribution is -2.18. The monoisotopic (exact) mass is 255 g/mol. The zero-order chi connectivity index (χ0) is 13.2. The van der Waals surface area contributed by atoms with Gasteiger partial charge in [-0.25, -0.2) is 4.39 Å². The van der Waals surface area contributed by atoms with Gasteiger partial charge in [-0.2, -0.15) is 0 Å². The molecule has 0 aromatic heterocycles. The minimum absolute atomic E-state index is 0.127. The van der Waals surface area contributed by atoms with Gasteiger partial charge in [0, 0.05) is 12.6 Å². The molecular formula is C17H18FN. The van der Waals surface area contributed by atoms with Gasteiger partial charge in [-0.05, 0) is 48.6 Å². The summed E-state index contributed by atoms with van der Waals surface area (Å²) >= 11 is 0. The van der Waals surface area contributed by atoms with E-state index in [2.05, 4.69) is 36.5 Å². The van der Waals surface area contributed by atoms with Gasteiger partial charge in [0.1, 0.15) is 5.82 Å². The molecule has 1 aliphatic carbocycles. The molecule has 19 heavy (non-hydrogen) atoms. The largest absolute Gasteiger partial charge is 0.306 e. The van der Waals surface area contributed by atoms with Crippen LogP contribution in [0.4, 0.5) is 4.39 Å². The first-order valence-electron chi connectivity index (χ1n) is 6.79. The van der Waals surface area contributed by atoms with Crippen molar-refractivity contribution >= 4 is 0 Å². The number of fused-ring (bicyclic) bond motifs is 1. The molecule has 0 spiro atoms. The van der Waals surface area contributed by atoms with Gasteiger partial charge >= 0.3 is 0 Å². The first-order chi connectivity index (χ1) is 9.22. The maximum Gasteiger partial charge on any atom is 0.123 e. The Morgan fingerprint density at radius 1 is 1.21 bits per heavy atom. The van der Waals surface area contributed by atoms with Crippen LogP contribution in [0.1, 0.15) is 34.7 Å². The molecule has 0 bridgehead atoms. The standard InChI is InChI=1S/C17H18FN/c1-12-3-2-4-13(9-12)11-19-17-8-5-14-10-15(18)6-7-16(14)17/h2-4,6-7,9-10,17,19H,5,8,11H2,1H3. The van der Waals surface area contributed by atoms with Crippen LogP contribution < -0.4 is 5.32 Å². The summed E-state index contributed by atoms with van der Waals surface area (Å²) in [5.74, 6) is -0.127. The van der Waals surface area contributed by atoms with E-state index in [0.717, 1.165) is 24.9 Å². The van der Waals surface area contributed by atoms with E-state index in [1.54, 1.807) is 12.1 Å². The molecule has 98 valence electrons. The first kappa shape index (κ1) is 12.4. The zero-order valence-electron chi connectivity index (χ0n) is 11.1. The highest BCUT2D eigenvalue weighted by Crippen LogP contribution is 2.31. The molecule has 1 nitrogen and oxygen atoms in total. The van der Waals surface area contributed by atoms with Gasteiger partial charge in [0.25, 0.3) is 0 Å². The molecular weight excluding hydrogens is 237 g/mol. The lowest BCUT2D eigenvalue weighted by Gasteiger charge is -2.14. The van der Waals surface area contributed by atoms with Crippen LogP contribution in [0.2, 0.25) is 0 Å². The smallest absolute Gasteiger partial charge is 0.123 e. The van der Waals surface area contributed by atoms with E-state index in [1.807, 2.05) is 6.07 Å². The quantitative estimate of drug-likeness (QED) is 0.876. The normalized spacial score (nSPS) is 17.5. The summed E-state index contributed by atoms with van der Waals surface area (Å²) < 4.78 is 13.2. The van der Waals surface area contributed by atoms with Crippen LogP contribution in [0.25, 0.3) is 0 Å². The fourth-order valence-electron chi connectivity index (χ4n) is 2.86. The third-order valence-electron chi connectivity index (χ3n) is 3.82. The Labute approximate surface area is 113 Å². The molecule has 0 fully saturated rings. The summed E-state index contributed by atoms with van der Waals surface area (Å²) in [6, 6.07) is 14.0. The lowest BCUT2D eigenvalue weighted by molar-refractivity contribution is 0.530. The zero-order valence-corrected chi connectivity index (χ0v) is 11.1. The second-order valence-corrected chi connectivity index (χ2v) is 5.30. The van der Waals surface area contributed by atoms with Crippen molar-refractivity contribution in [1.29, 1.82) is 0 Å². The third kappa shape index (κ3) is 2.69. The van der Waals surface area contributed by atoms with Gasteiger partial charge in [0.05, 0.1) is 0 Å². The van der Waals surface area contributed by atoms with Crippen LogP contribution in [-0.4, -0.2) is 0 Å². The maximum absolute atomic E-state index is 13.2. The van der Waals surface area contributed by atoms with Crippen LogP contribution in [0.5, 0.6) is 0 Å². The number of nitrogens with one attached hydrogen (secondary N) is 1. The number of halogens is 1. The van der Waals surface area contributed by atoms with E-state index in [1.165, 1.54) is 16.7 Å². The van der Waals surface area contributed by atoms with Gasteiger partial charge in [-0.1, -0.05) is 35.9 Å². The molecule has 2 heteroatoms. The fourth-order valence-corrected chi connectivity index (χ4v) is 2.86. The van der Waals surface area contributed by atoms with Gasteiger partial charge in [-0.3, -0.25) is 0 Å². The highest BCUT2D eigenvalue weighted by Gasteiger charge is 2.22. The summed E-state index contributed by atoms with van der Waals surface area (Å²) in [5, 5.41) is 3.58. The predicted octanol–water partition coefficient (Wildman–Crippen LogP) is 3.91. The average molecular weight is 255 g/mol. The first-order valence-corrected chi connectivity index (χ1v) is 6.79. The highest BCUT2D eigenvalue weighted by atomic mass is 19.1. The Bertz CT molecular complexity index is 592. The molecule has 2 aromatic carbocycles. The molecule has 1 atom stereocenters. The van der Waals surface area contributed by atoms with Crippen molar-refractivity contribution in [3.05, 3.63) is 70.5 Å². The predicted molar refractivity (Wildman–Crippen MR) is 75.5 cm³/mol. The van der Waals surface area contributed by atoms with Crippen molar-refractivity contribution in [1.82, 2.24) is 5.32 Å². The van der Waals surface area contributed by atoms with Crippen molar-refractivity contribution in [2.24, 2.45) is 0 Å². The van der Waals surface area contributed by atoms with E-state index >= 15 is 0 Å². The number of hydrogen-bond acceptors (Lipinski definition) is 1. The number of benzene rings is 2. The Balaban J connectivity index is 1.70. The average Bonchev–Trinajstić information content (AvgIpc) is 2.78. The molecule has 0 radical (unpaired) electrons. The van der Waals surface area contributed by atoms with Crippen LogP contribution in [0.3, 0.4) is 0 Å². The van der Waals surface area contributed by atoms with Crippen LogP contribution in [0, 0.1) is 12.7 Å². The minimum atomic E-state index is -0.127. The molecule has 3 rings (SSSR count). The summed E-state index contributed by atoms with van der Waals surface area (Å²) in [6.07, 6.45) is 2.03. The van der Waals surface area contributed by atoms with E-state index in [9.17, 15) is 4.39 Å².